The quantitative estimate of drug-likeness (QED) is 0.726. The fraction of sp³-hybridized carbons (Fsp3) is 0.150. The SMILES string of the molecule is COC(=O)C(Cc1ccccc1)c1nc(-c2ccc(C#N)cc2)c[nH]1. The van der Waals surface area contributed by atoms with Gasteiger partial charge in [0, 0.05) is 11.8 Å². The summed E-state index contributed by atoms with van der Waals surface area (Å²) >= 11 is 0. The maximum atomic E-state index is 12.2. The minimum Gasteiger partial charge on any atom is -0.468 e. The molecule has 1 unspecified atom stereocenters. The predicted molar refractivity (Wildman–Crippen MR) is 93.6 cm³/mol. The third-order valence-corrected chi connectivity index (χ3v) is 4.01. The molecule has 1 aromatic heterocycles. The van der Waals surface area contributed by atoms with Gasteiger partial charge in [0.1, 0.15) is 11.7 Å². The number of aromatic nitrogens is 2. The summed E-state index contributed by atoms with van der Waals surface area (Å²) in [6.07, 6.45) is 2.27. The zero-order valence-electron chi connectivity index (χ0n) is 13.8. The van der Waals surface area contributed by atoms with E-state index >= 15 is 0 Å². The number of esters is 1. The molecule has 0 saturated carbocycles. The highest BCUT2D eigenvalue weighted by molar-refractivity contribution is 5.77. The van der Waals surface area contributed by atoms with Crippen LogP contribution in [0.1, 0.15) is 22.9 Å². The molecule has 124 valence electrons. The Labute approximate surface area is 145 Å². The average Bonchev–Trinajstić information content (AvgIpc) is 3.16. The molecule has 5 heteroatoms. The van der Waals surface area contributed by atoms with Crippen LogP contribution in [0.3, 0.4) is 0 Å². The number of methoxy groups -OCH3 is 1. The number of aromatic amines is 1. The van der Waals surface area contributed by atoms with Crippen molar-refractivity contribution in [2.45, 2.75) is 12.3 Å². The van der Waals surface area contributed by atoms with Crippen molar-refractivity contribution in [3.63, 3.8) is 0 Å². The maximum absolute atomic E-state index is 12.2. The molecular weight excluding hydrogens is 314 g/mol. The Bertz CT molecular complexity index is 893. The lowest BCUT2D eigenvalue weighted by molar-refractivity contribution is -0.142. The number of nitrogens with one attached hydrogen (secondary N) is 1. The summed E-state index contributed by atoms with van der Waals surface area (Å²) < 4.78 is 4.95. The Kier molecular flexibility index (Phi) is 4.91. The second kappa shape index (κ2) is 7.45. The summed E-state index contributed by atoms with van der Waals surface area (Å²) in [4.78, 5) is 19.9. The summed E-state index contributed by atoms with van der Waals surface area (Å²) in [5.74, 6) is -0.265. The number of hydrogen-bond acceptors (Lipinski definition) is 4. The first-order chi connectivity index (χ1) is 12.2. The highest BCUT2D eigenvalue weighted by Gasteiger charge is 2.25. The number of nitriles is 1. The third kappa shape index (κ3) is 3.75. The molecule has 1 atom stereocenters. The lowest BCUT2D eigenvalue weighted by Crippen LogP contribution is -2.18. The van der Waals surface area contributed by atoms with Crippen molar-refractivity contribution in [1.82, 2.24) is 9.97 Å². The molecule has 0 bridgehead atoms. The van der Waals surface area contributed by atoms with Crippen LogP contribution in [0.5, 0.6) is 0 Å². The van der Waals surface area contributed by atoms with E-state index in [1.165, 1.54) is 7.11 Å². The Morgan fingerprint density at radius 2 is 1.92 bits per heavy atom. The lowest BCUT2D eigenvalue weighted by Gasteiger charge is -2.12. The summed E-state index contributed by atoms with van der Waals surface area (Å²) in [6, 6.07) is 19.0. The summed E-state index contributed by atoms with van der Waals surface area (Å²) in [5, 5.41) is 8.88. The van der Waals surface area contributed by atoms with Gasteiger partial charge in [-0.05, 0) is 24.1 Å². The van der Waals surface area contributed by atoms with Crippen molar-refractivity contribution >= 4 is 5.97 Å². The lowest BCUT2D eigenvalue weighted by atomic mass is 9.99. The molecule has 0 aliphatic carbocycles. The van der Waals surface area contributed by atoms with E-state index < -0.39 is 5.92 Å². The first-order valence-corrected chi connectivity index (χ1v) is 7.89. The van der Waals surface area contributed by atoms with Crippen LogP contribution < -0.4 is 0 Å². The number of nitrogens with zero attached hydrogens (tertiary/aromatic N) is 2. The molecule has 1 heterocycles. The molecule has 0 fully saturated rings. The number of hydrogen-bond donors (Lipinski definition) is 1. The number of ether oxygens (including phenoxy) is 1. The Hall–Kier alpha value is -3.39. The van der Waals surface area contributed by atoms with Gasteiger partial charge in [0.2, 0.25) is 0 Å². The normalized spacial score (nSPS) is 11.5. The number of rotatable bonds is 5. The van der Waals surface area contributed by atoms with Gasteiger partial charge >= 0.3 is 5.97 Å². The molecular formula is C20H17N3O2. The highest BCUT2D eigenvalue weighted by atomic mass is 16.5. The van der Waals surface area contributed by atoms with Crippen LogP contribution in [-0.2, 0) is 16.0 Å². The molecule has 25 heavy (non-hydrogen) atoms. The maximum Gasteiger partial charge on any atom is 0.316 e. The fourth-order valence-corrected chi connectivity index (χ4v) is 2.66. The Morgan fingerprint density at radius 3 is 2.56 bits per heavy atom. The van der Waals surface area contributed by atoms with Gasteiger partial charge in [-0.25, -0.2) is 4.98 Å². The number of benzene rings is 2. The highest BCUT2D eigenvalue weighted by Crippen LogP contribution is 2.24. The van der Waals surface area contributed by atoms with Crippen molar-refractivity contribution in [3.05, 3.63) is 77.7 Å². The molecule has 3 aromatic rings. The van der Waals surface area contributed by atoms with Crippen molar-refractivity contribution in [2.24, 2.45) is 0 Å². The van der Waals surface area contributed by atoms with Gasteiger partial charge in [-0.15, -0.1) is 0 Å². The van der Waals surface area contributed by atoms with Gasteiger partial charge < -0.3 is 9.72 Å². The fourth-order valence-electron chi connectivity index (χ4n) is 2.66. The number of carbonyl (C=O) groups is 1. The van der Waals surface area contributed by atoms with Gasteiger partial charge in [-0.1, -0.05) is 42.5 Å². The number of H-pyrrole nitrogens is 1. The smallest absolute Gasteiger partial charge is 0.316 e. The van der Waals surface area contributed by atoms with E-state index in [-0.39, 0.29) is 5.97 Å². The first kappa shape index (κ1) is 16.5. The standard InChI is InChI=1S/C20H17N3O2/c1-25-20(24)17(11-14-5-3-2-4-6-14)19-22-13-18(23-19)16-9-7-15(12-21)8-10-16/h2-10,13,17H,11H2,1H3,(H,22,23). The number of carbonyl (C=O) groups excluding carboxylic acids is 1. The van der Waals surface area contributed by atoms with Gasteiger partial charge in [0.25, 0.3) is 0 Å². The van der Waals surface area contributed by atoms with Crippen molar-refractivity contribution in [2.75, 3.05) is 7.11 Å². The molecule has 0 radical (unpaired) electrons. The van der Waals surface area contributed by atoms with Crippen LogP contribution in [0.15, 0.2) is 60.8 Å². The largest absolute Gasteiger partial charge is 0.468 e. The van der Waals surface area contributed by atoms with E-state index in [1.54, 1.807) is 18.3 Å². The molecule has 2 aromatic carbocycles. The molecule has 0 aliphatic heterocycles. The van der Waals surface area contributed by atoms with Crippen LogP contribution in [0, 0.1) is 11.3 Å². The predicted octanol–water partition coefficient (Wildman–Crippen LogP) is 3.45. The van der Waals surface area contributed by atoms with Crippen molar-refractivity contribution < 1.29 is 9.53 Å². The summed E-state index contributed by atoms with van der Waals surface area (Å²) in [7, 11) is 1.38. The van der Waals surface area contributed by atoms with Crippen LogP contribution in [0.2, 0.25) is 0 Å². The van der Waals surface area contributed by atoms with Crippen molar-refractivity contribution in [3.8, 4) is 17.3 Å². The minimum atomic E-state index is -0.500. The molecule has 0 spiro atoms. The topological polar surface area (TPSA) is 78.8 Å². The first-order valence-electron chi connectivity index (χ1n) is 7.89. The Balaban J connectivity index is 1.88. The van der Waals surface area contributed by atoms with E-state index in [0.29, 0.717) is 17.8 Å². The van der Waals surface area contributed by atoms with Crippen LogP contribution in [0.4, 0.5) is 0 Å². The van der Waals surface area contributed by atoms with Gasteiger partial charge in [-0.3, -0.25) is 4.79 Å². The molecule has 1 N–H and O–H groups in total. The molecule has 3 rings (SSSR count). The van der Waals surface area contributed by atoms with Crippen LogP contribution >= 0.6 is 0 Å². The molecule has 0 aliphatic rings. The van der Waals surface area contributed by atoms with E-state index in [1.807, 2.05) is 42.5 Å². The minimum absolute atomic E-state index is 0.329. The zero-order valence-corrected chi connectivity index (χ0v) is 13.8. The monoisotopic (exact) mass is 331 g/mol. The number of imidazole rings is 1. The second-order valence-electron chi connectivity index (χ2n) is 5.63. The van der Waals surface area contributed by atoms with E-state index in [9.17, 15) is 4.79 Å². The second-order valence-corrected chi connectivity index (χ2v) is 5.63. The van der Waals surface area contributed by atoms with Gasteiger partial charge in [-0.2, -0.15) is 5.26 Å². The van der Waals surface area contributed by atoms with Crippen LogP contribution in [-0.4, -0.2) is 23.0 Å². The van der Waals surface area contributed by atoms with Crippen molar-refractivity contribution in [1.29, 1.82) is 5.26 Å². The molecule has 5 nitrogen and oxygen atoms in total. The zero-order chi connectivity index (χ0) is 17.6. The Morgan fingerprint density at radius 1 is 1.20 bits per heavy atom. The molecule has 0 amide bonds. The van der Waals surface area contributed by atoms with Crippen LogP contribution in [0.25, 0.3) is 11.3 Å². The third-order valence-electron chi connectivity index (χ3n) is 4.01. The summed E-state index contributed by atoms with van der Waals surface area (Å²) in [5.41, 5.74) is 3.23. The van der Waals surface area contributed by atoms with Gasteiger partial charge in [0.05, 0.1) is 24.4 Å². The van der Waals surface area contributed by atoms with E-state index in [0.717, 1.165) is 16.8 Å². The molecule has 0 saturated heterocycles. The van der Waals surface area contributed by atoms with E-state index in [4.69, 9.17) is 10.00 Å². The van der Waals surface area contributed by atoms with E-state index in [2.05, 4.69) is 16.0 Å². The van der Waals surface area contributed by atoms with Gasteiger partial charge in [0.15, 0.2) is 0 Å². The summed E-state index contributed by atoms with van der Waals surface area (Å²) in [6.45, 7) is 0. The average molecular weight is 331 g/mol.